The van der Waals surface area contributed by atoms with Crippen LogP contribution in [0.15, 0.2) is 18.2 Å². The number of piperazine rings is 1. The van der Waals surface area contributed by atoms with Crippen molar-refractivity contribution in [2.24, 2.45) is 0 Å². The van der Waals surface area contributed by atoms with Crippen molar-refractivity contribution in [2.45, 2.75) is 0 Å². The number of rotatable bonds is 2. The van der Waals surface area contributed by atoms with Gasteiger partial charge in [0.2, 0.25) is 0 Å². The zero-order valence-corrected chi connectivity index (χ0v) is 10.1. The number of hydrogen-bond donors (Lipinski definition) is 0. The van der Waals surface area contributed by atoms with Crippen molar-refractivity contribution in [3.8, 4) is 0 Å². The molecule has 1 aliphatic rings. The van der Waals surface area contributed by atoms with Crippen LogP contribution in [0, 0.1) is 16.2 Å². The molecule has 1 radical (unpaired) electrons. The van der Waals surface area contributed by atoms with Crippen LogP contribution in [-0.4, -0.2) is 53.9 Å². The quantitative estimate of drug-likeness (QED) is 0.573. The largest absolute Gasteiger partial charge is 0.336 e. The summed E-state index contributed by atoms with van der Waals surface area (Å²) in [4.78, 5) is 26.3. The minimum atomic E-state index is -0.531. The van der Waals surface area contributed by atoms with Gasteiger partial charge in [0.25, 0.3) is 11.6 Å². The number of nitrogens with zero attached hydrogens (tertiary/aromatic N) is 3. The van der Waals surface area contributed by atoms with Crippen LogP contribution in [0.5, 0.6) is 0 Å². The molecule has 18 heavy (non-hydrogen) atoms. The number of nitro benzene ring substituents is 1. The predicted molar refractivity (Wildman–Crippen MR) is 65.3 cm³/mol. The van der Waals surface area contributed by atoms with Crippen LogP contribution in [0.4, 0.5) is 5.69 Å². The summed E-state index contributed by atoms with van der Waals surface area (Å²) < 4.78 is 0. The van der Waals surface area contributed by atoms with Gasteiger partial charge in [-0.2, -0.15) is 0 Å². The van der Waals surface area contributed by atoms with E-state index < -0.39 is 4.92 Å². The molecule has 1 heterocycles. The summed E-state index contributed by atoms with van der Waals surface area (Å²) in [6.45, 7) is 2.77. The highest BCUT2D eigenvalue weighted by molar-refractivity contribution is 5.98. The molecule has 1 aliphatic heterocycles. The van der Waals surface area contributed by atoms with Crippen LogP contribution in [-0.2, 0) is 0 Å². The second-order valence-corrected chi connectivity index (χ2v) is 4.30. The maximum absolute atomic E-state index is 12.2. The molecule has 1 saturated heterocycles. The van der Waals surface area contributed by atoms with E-state index in [9.17, 15) is 14.9 Å². The van der Waals surface area contributed by atoms with Gasteiger partial charge in [0.05, 0.1) is 4.92 Å². The second-order valence-electron chi connectivity index (χ2n) is 4.30. The van der Waals surface area contributed by atoms with E-state index in [4.69, 9.17) is 0 Å². The molecule has 1 fully saturated rings. The van der Waals surface area contributed by atoms with Crippen molar-refractivity contribution in [3.63, 3.8) is 0 Å². The van der Waals surface area contributed by atoms with Crippen molar-refractivity contribution in [2.75, 3.05) is 33.2 Å². The van der Waals surface area contributed by atoms with Gasteiger partial charge in [0.1, 0.15) is 5.56 Å². The average molecular weight is 248 g/mol. The topological polar surface area (TPSA) is 66.7 Å². The maximum Gasteiger partial charge on any atom is 0.282 e. The standard InChI is InChI=1S/C12H14N3O3/c1-13-6-8-14(9-7-13)12(16)10-4-2-3-5-11(10)15(17)18/h3-5H,6-9H2,1H3. The molecule has 0 saturated carbocycles. The molecule has 0 N–H and O–H groups in total. The minimum absolute atomic E-state index is 0.118. The molecule has 6 nitrogen and oxygen atoms in total. The molecule has 0 aliphatic carbocycles. The van der Waals surface area contributed by atoms with Gasteiger partial charge in [-0.25, -0.2) is 0 Å². The number of nitro groups is 1. The Labute approximate surface area is 105 Å². The van der Waals surface area contributed by atoms with E-state index in [1.807, 2.05) is 7.05 Å². The third-order valence-electron chi connectivity index (χ3n) is 3.06. The van der Waals surface area contributed by atoms with Crippen molar-refractivity contribution < 1.29 is 9.72 Å². The molecule has 1 amide bonds. The Kier molecular flexibility index (Phi) is 3.57. The fraction of sp³-hybridized carbons (Fsp3) is 0.417. The highest BCUT2D eigenvalue weighted by Crippen LogP contribution is 2.19. The summed E-state index contributed by atoms with van der Waals surface area (Å²) in [6, 6.07) is 6.86. The predicted octanol–water partition coefficient (Wildman–Crippen LogP) is 0.783. The third-order valence-corrected chi connectivity index (χ3v) is 3.06. The van der Waals surface area contributed by atoms with E-state index in [1.54, 1.807) is 4.90 Å². The summed E-state index contributed by atoms with van der Waals surface area (Å²) >= 11 is 0. The average Bonchev–Trinajstić information content (AvgIpc) is 2.39. The Morgan fingerprint density at radius 3 is 2.67 bits per heavy atom. The highest BCUT2D eigenvalue weighted by atomic mass is 16.6. The van der Waals surface area contributed by atoms with Crippen LogP contribution in [0.25, 0.3) is 0 Å². The number of amides is 1. The molecule has 6 heteroatoms. The number of carbonyl (C=O) groups is 1. The smallest absolute Gasteiger partial charge is 0.282 e. The van der Waals surface area contributed by atoms with E-state index in [0.29, 0.717) is 13.1 Å². The second kappa shape index (κ2) is 5.14. The van der Waals surface area contributed by atoms with Gasteiger partial charge in [0.15, 0.2) is 0 Å². The van der Waals surface area contributed by atoms with E-state index >= 15 is 0 Å². The number of hydrogen-bond acceptors (Lipinski definition) is 4. The SMILES string of the molecule is CN1CCN(C(=O)c2c[c]ccc2[N+](=O)[O-])CC1. The first kappa shape index (κ1) is 12.5. The van der Waals surface area contributed by atoms with Crippen molar-refractivity contribution in [3.05, 3.63) is 39.9 Å². The Hall–Kier alpha value is -1.95. The van der Waals surface area contributed by atoms with E-state index in [2.05, 4.69) is 11.0 Å². The third kappa shape index (κ3) is 2.48. The van der Waals surface area contributed by atoms with Crippen LogP contribution >= 0.6 is 0 Å². The van der Waals surface area contributed by atoms with Gasteiger partial charge < -0.3 is 9.80 Å². The zero-order valence-electron chi connectivity index (χ0n) is 10.1. The normalized spacial score (nSPS) is 16.6. The molecule has 1 aromatic rings. The minimum Gasteiger partial charge on any atom is -0.336 e. The molecule has 95 valence electrons. The number of likely N-dealkylation sites (N-methyl/N-ethyl adjacent to an activating group) is 1. The lowest BCUT2D eigenvalue weighted by Gasteiger charge is -2.32. The summed E-state index contributed by atoms with van der Waals surface area (Å²) in [5.74, 6) is -0.286. The Morgan fingerprint density at radius 1 is 1.39 bits per heavy atom. The lowest BCUT2D eigenvalue weighted by Crippen LogP contribution is -2.47. The molecular formula is C12H14N3O3. The molecule has 0 aromatic heterocycles. The van der Waals surface area contributed by atoms with Crippen molar-refractivity contribution >= 4 is 11.6 Å². The molecule has 0 unspecified atom stereocenters. The fourth-order valence-corrected chi connectivity index (χ4v) is 1.93. The van der Waals surface area contributed by atoms with Gasteiger partial charge in [-0.3, -0.25) is 14.9 Å². The fourth-order valence-electron chi connectivity index (χ4n) is 1.93. The maximum atomic E-state index is 12.2. The Bertz CT molecular complexity index is 467. The summed E-state index contributed by atoms with van der Waals surface area (Å²) in [6.07, 6.45) is 0. The first-order chi connectivity index (χ1) is 8.59. The summed E-state index contributed by atoms with van der Waals surface area (Å²) in [5, 5.41) is 10.9. The summed E-state index contributed by atoms with van der Waals surface area (Å²) in [5.41, 5.74) is -0.0373. The molecule has 2 rings (SSSR count). The van der Waals surface area contributed by atoms with Gasteiger partial charge in [-0.1, -0.05) is 0 Å². The Morgan fingerprint density at radius 2 is 2.06 bits per heavy atom. The van der Waals surface area contributed by atoms with Gasteiger partial charge in [-0.05, 0) is 25.2 Å². The van der Waals surface area contributed by atoms with E-state index in [1.165, 1.54) is 18.2 Å². The molecule has 0 bridgehead atoms. The van der Waals surface area contributed by atoms with Crippen LogP contribution < -0.4 is 0 Å². The van der Waals surface area contributed by atoms with Crippen LogP contribution in [0.1, 0.15) is 10.4 Å². The Balaban J connectivity index is 2.21. The van der Waals surface area contributed by atoms with Crippen molar-refractivity contribution in [1.29, 1.82) is 0 Å². The van der Waals surface area contributed by atoms with Gasteiger partial charge in [0, 0.05) is 32.2 Å². The van der Waals surface area contributed by atoms with Crippen molar-refractivity contribution in [1.82, 2.24) is 9.80 Å². The highest BCUT2D eigenvalue weighted by Gasteiger charge is 2.26. The van der Waals surface area contributed by atoms with Gasteiger partial charge in [-0.15, -0.1) is 0 Å². The number of benzene rings is 1. The lowest BCUT2D eigenvalue weighted by atomic mass is 10.1. The van der Waals surface area contributed by atoms with Crippen LogP contribution in [0.3, 0.4) is 0 Å². The molecule has 1 aromatic carbocycles. The summed E-state index contributed by atoms with van der Waals surface area (Å²) in [7, 11) is 1.99. The van der Waals surface area contributed by atoms with E-state index in [-0.39, 0.29) is 17.2 Å². The monoisotopic (exact) mass is 248 g/mol. The van der Waals surface area contributed by atoms with Crippen LogP contribution in [0.2, 0.25) is 0 Å². The molecule has 0 spiro atoms. The molecule has 0 atom stereocenters. The van der Waals surface area contributed by atoms with Gasteiger partial charge >= 0.3 is 0 Å². The van der Waals surface area contributed by atoms with E-state index in [0.717, 1.165) is 13.1 Å². The lowest BCUT2D eigenvalue weighted by molar-refractivity contribution is -0.385. The zero-order chi connectivity index (χ0) is 13.1. The number of carbonyl (C=O) groups excluding carboxylic acids is 1. The molecular weight excluding hydrogens is 234 g/mol. The first-order valence-electron chi connectivity index (χ1n) is 5.72. The first-order valence-corrected chi connectivity index (χ1v) is 5.72.